The van der Waals surface area contributed by atoms with Crippen LogP contribution in [0.3, 0.4) is 0 Å². The first-order valence-electron chi connectivity index (χ1n) is 16.9. The van der Waals surface area contributed by atoms with Crippen LogP contribution >= 0.6 is 0 Å². The Morgan fingerprint density at radius 1 is 0.902 bits per heavy atom. The summed E-state index contributed by atoms with van der Waals surface area (Å²) in [6.45, 7) is 8.76. The van der Waals surface area contributed by atoms with E-state index in [0.29, 0.717) is 23.1 Å². The first-order valence-corrected chi connectivity index (χ1v) is 14.9. The molecule has 41 heavy (non-hydrogen) atoms. The fourth-order valence-electron chi connectivity index (χ4n) is 6.66. The number of hydrogen-bond donors (Lipinski definition) is 0. The number of aryl methyl sites for hydroxylation is 1. The molecular weight excluding hydrogens is 498 g/mol. The van der Waals surface area contributed by atoms with Gasteiger partial charge in [-0.2, -0.15) is 0 Å². The summed E-state index contributed by atoms with van der Waals surface area (Å²) in [5.74, 6) is -0.528. The lowest BCUT2D eigenvalue weighted by atomic mass is 9.71. The Kier molecular flexibility index (Phi) is 5.07. The Morgan fingerprint density at radius 2 is 1.68 bits per heavy atom. The molecule has 0 amide bonds. The molecule has 0 saturated heterocycles. The van der Waals surface area contributed by atoms with Gasteiger partial charge in [-0.15, -0.1) is 0 Å². The molecule has 1 fully saturated rings. The van der Waals surface area contributed by atoms with Gasteiger partial charge in [0.2, 0.25) is 0 Å². The van der Waals surface area contributed by atoms with Gasteiger partial charge in [-0.05, 0) is 118 Å². The molecule has 0 spiro atoms. The minimum atomic E-state index is -2.23. The Balaban J connectivity index is 1.34. The second kappa shape index (κ2) is 9.44. The molecule has 0 aliphatic heterocycles. The van der Waals surface area contributed by atoms with Crippen LogP contribution in [-0.4, -0.2) is 4.98 Å². The standard InChI is InChI=1S/C39H41NO/c1-24-23-40-35(20-29(24)22-38(2,3)4)32-9-7-8-31-34-19-28-11-10-27-18-26(25-14-16-39(5,6)17-15-25)12-13-30(27)33(28)21-36(34)41-37(31)32/h7-13,18-21,23,25H,14-17,22H2,1-6H3/i1D3,25D. The summed E-state index contributed by atoms with van der Waals surface area (Å²) in [5.41, 5.74) is 5.58. The number of nitrogens with zero attached hydrogens (tertiary/aromatic N) is 1. The fraction of sp³-hybridized carbons (Fsp3) is 0.359. The van der Waals surface area contributed by atoms with Crippen molar-refractivity contribution in [2.45, 2.75) is 79.5 Å². The van der Waals surface area contributed by atoms with E-state index in [1.165, 1.54) is 6.20 Å². The highest BCUT2D eigenvalue weighted by atomic mass is 16.3. The number of rotatable bonds is 3. The molecule has 2 aromatic heterocycles. The zero-order chi connectivity index (χ0) is 31.9. The summed E-state index contributed by atoms with van der Waals surface area (Å²) in [7, 11) is 0. The Bertz CT molecular complexity index is 2100. The molecule has 1 aliphatic rings. The lowest BCUT2D eigenvalue weighted by molar-refractivity contribution is 0.224. The predicted molar refractivity (Wildman–Crippen MR) is 175 cm³/mol. The normalized spacial score (nSPS) is 18.9. The minimum Gasteiger partial charge on any atom is -0.455 e. The lowest BCUT2D eigenvalue weighted by Gasteiger charge is -2.34. The Morgan fingerprint density at radius 3 is 2.44 bits per heavy atom. The van der Waals surface area contributed by atoms with E-state index >= 15 is 0 Å². The van der Waals surface area contributed by atoms with Gasteiger partial charge in [-0.3, -0.25) is 4.98 Å². The average molecular weight is 544 g/mol. The number of furan rings is 1. The maximum atomic E-state index is 9.29. The van der Waals surface area contributed by atoms with Gasteiger partial charge >= 0.3 is 0 Å². The second-order valence-corrected chi connectivity index (χ2v) is 14.1. The zero-order valence-electron chi connectivity index (χ0n) is 28.8. The number of para-hydroxylation sites is 1. The molecule has 6 aromatic rings. The molecule has 0 N–H and O–H groups in total. The highest BCUT2D eigenvalue weighted by molar-refractivity contribution is 6.17. The summed E-state index contributed by atoms with van der Waals surface area (Å²) in [5, 5.41) is 6.63. The second-order valence-electron chi connectivity index (χ2n) is 14.1. The van der Waals surface area contributed by atoms with E-state index in [0.717, 1.165) is 85.9 Å². The van der Waals surface area contributed by atoms with Crippen LogP contribution in [0.2, 0.25) is 0 Å². The smallest absolute Gasteiger partial charge is 0.144 e. The highest BCUT2D eigenvalue weighted by Gasteiger charge is 2.27. The number of hydrogen-bond acceptors (Lipinski definition) is 2. The molecule has 1 saturated carbocycles. The van der Waals surface area contributed by atoms with Crippen molar-refractivity contribution in [2.75, 3.05) is 0 Å². The predicted octanol–water partition coefficient (Wildman–Crippen LogP) is 11.5. The van der Waals surface area contributed by atoms with E-state index in [9.17, 15) is 1.37 Å². The van der Waals surface area contributed by atoms with E-state index in [1.807, 2.05) is 18.2 Å². The molecule has 2 heteroatoms. The molecule has 4 aromatic carbocycles. The molecular formula is C39H41NO. The van der Waals surface area contributed by atoms with Gasteiger partial charge in [-0.1, -0.05) is 77.1 Å². The van der Waals surface area contributed by atoms with Gasteiger partial charge in [0.25, 0.3) is 0 Å². The highest BCUT2D eigenvalue weighted by Crippen LogP contribution is 2.44. The summed E-state index contributed by atoms with van der Waals surface area (Å²) >= 11 is 0. The molecule has 0 atom stereocenters. The summed E-state index contributed by atoms with van der Waals surface area (Å²) < 4.78 is 40.1. The fourth-order valence-corrected chi connectivity index (χ4v) is 6.66. The average Bonchev–Trinajstić information content (AvgIpc) is 3.33. The van der Waals surface area contributed by atoms with E-state index < -0.39 is 12.7 Å². The largest absolute Gasteiger partial charge is 0.455 e. The SMILES string of the molecule is [2H]C([2H])([2H])c1cnc(-c2cccc3c2oc2cc4c(ccc5cc(C6([2H])CCC(C)(C)CC6)ccc54)cc23)cc1CC(C)(C)C. The maximum Gasteiger partial charge on any atom is 0.144 e. The maximum absolute atomic E-state index is 9.29. The topological polar surface area (TPSA) is 26.0 Å². The quantitative estimate of drug-likeness (QED) is 0.207. The molecule has 0 bridgehead atoms. The minimum absolute atomic E-state index is 0.0811. The molecule has 2 nitrogen and oxygen atoms in total. The molecule has 208 valence electrons. The van der Waals surface area contributed by atoms with Crippen molar-refractivity contribution < 1.29 is 9.90 Å². The van der Waals surface area contributed by atoms with Crippen LogP contribution in [0.5, 0.6) is 0 Å². The van der Waals surface area contributed by atoms with E-state index in [-0.39, 0.29) is 5.41 Å². The zero-order valence-corrected chi connectivity index (χ0v) is 24.8. The Labute approximate surface area is 249 Å². The van der Waals surface area contributed by atoms with Crippen LogP contribution in [0.15, 0.2) is 77.3 Å². The molecule has 1 aliphatic carbocycles. The monoisotopic (exact) mass is 543 g/mol. The summed E-state index contributed by atoms with van der Waals surface area (Å²) in [6, 6.07) is 23.3. The van der Waals surface area contributed by atoms with Gasteiger partial charge in [0, 0.05) is 28.0 Å². The van der Waals surface area contributed by atoms with Gasteiger partial charge in [0.15, 0.2) is 0 Å². The van der Waals surface area contributed by atoms with Crippen molar-refractivity contribution in [3.05, 3.63) is 89.6 Å². The summed E-state index contributed by atoms with van der Waals surface area (Å²) in [6.07, 6.45) is 6.10. The molecule has 7 rings (SSSR count). The van der Waals surface area contributed by atoms with E-state index in [4.69, 9.17) is 8.53 Å². The van der Waals surface area contributed by atoms with Gasteiger partial charge < -0.3 is 4.42 Å². The van der Waals surface area contributed by atoms with Crippen LogP contribution in [0, 0.1) is 17.7 Å². The Hall–Kier alpha value is -3.65. The molecule has 0 radical (unpaired) electrons. The summed E-state index contributed by atoms with van der Waals surface area (Å²) in [4.78, 5) is 4.65. The first-order chi connectivity index (χ1) is 21.1. The van der Waals surface area contributed by atoms with Gasteiger partial charge in [0.1, 0.15) is 11.2 Å². The van der Waals surface area contributed by atoms with Crippen molar-refractivity contribution >= 4 is 43.5 Å². The van der Waals surface area contributed by atoms with Crippen molar-refractivity contribution in [3.63, 3.8) is 0 Å². The third kappa shape index (κ3) is 4.82. The van der Waals surface area contributed by atoms with Crippen LogP contribution in [0.25, 0.3) is 54.7 Å². The van der Waals surface area contributed by atoms with E-state index in [2.05, 4.69) is 88.1 Å². The number of fused-ring (bicyclic) bond motifs is 6. The lowest BCUT2D eigenvalue weighted by Crippen LogP contribution is -2.20. The van der Waals surface area contributed by atoms with Crippen molar-refractivity contribution in [1.82, 2.24) is 4.98 Å². The van der Waals surface area contributed by atoms with Gasteiger partial charge in [0.05, 0.1) is 5.69 Å². The third-order valence-corrected chi connectivity index (χ3v) is 9.05. The van der Waals surface area contributed by atoms with Crippen molar-refractivity contribution in [1.29, 1.82) is 0 Å². The first kappa shape index (κ1) is 22.0. The van der Waals surface area contributed by atoms with Crippen LogP contribution in [-0.2, 0) is 6.42 Å². The van der Waals surface area contributed by atoms with Crippen molar-refractivity contribution in [3.8, 4) is 11.3 Å². The number of pyridine rings is 1. The van der Waals surface area contributed by atoms with Crippen LogP contribution in [0.1, 0.15) is 88.4 Å². The molecule has 2 heterocycles. The number of benzene rings is 4. The molecule has 0 unspecified atom stereocenters. The van der Waals surface area contributed by atoms with Crippen molar-refractivity contribution in [2.24, 2.45) is 10.8 Å². The third-order valence-electron chi connectivity index (χ3n) is 9.05. The van der Waals surface area contributed by atoms with Gasteiger partial charge in [-0.25, -0.2) is 0 Å². The number of aromatic nitrogens is 1. The van der Waals surface area contributed by atoms with Crippen LogP contribution < -0.4 is 0 Å². The van der Waals surface area contributed by atoms with Crippen LogP contribution in [0.4, 0.5) is 0 Å². The van der Waals surface area contributed by atoms with E-state index in [1.54, 1.807) is 0 Å².